The van der Waals surface area contributed by atoms with Crippen LogP contribution in [0, 0.1) is 0 Å². The number of carbonyl (C=O) groups excluding carboxylic acids is 1. The van der Waals surface area contributed by atoms with Gasteiger partial charge in [-0.2, -0.15) is 11.8 Å². The molecule has 2 rings (SSSR count). The number of anilines is 1. The van der Waals surface area contributed by atoms with Crippen LogP contribution in [0.3, 0.4) is 0 Å². The minimum absolute atomic E-state index is 0.440. The molecule has 1 saturated heterocycles. The van der Waals surface area contributed by atoms with Crippen molar-refractivity contribution in [1.82, 2.24) is 0 Å². The van der Waals surface area contributed by atoms with E-state index in [0.717, 1.165) is 37.4 Å². The minimum atomic E-state index is -0.440. The number of rotatable bonds is 4. The number of carbonyl (C=O) groups is 1. The molecular formula is C13H18N2O2S. The van der Waals surface area contributed by atoms with Crippen molar-refractivity contribution in [2.45, 2.75) is 23.8 Å². The molecule has 1 aromatic rings. The van der Waals surface area contributed by atoms with Crippen LogP contribution in [0.4, 0.5) is 5.69 Å². The average molecular weight is 266 g/mol. The van der Waals surface area contributed by atoms with E-state index in [9.17, 15) is 4.79 Å². The first-order valence-corrected chi connectivity index (χ1v) is 7.09. The lowest BCUT2D eigenvalue weighted by molar-refractivity contribution is 0.0997. The van der Waals surface area contributed by atoms with Crippen molar-refractivity contribution in [3.8, 4) is 0 Å². The van der Waals surface area contributed by atoms with Crippen molar-refractivity contribution < 1.29 is 9.53 Å². The Hall–Kier alpha value is -1.20. The lowest BCUT2D eigenvalue weighted by Crippen LogP contribution is -2.17. The molecule has 1 aromatic carbocycles. The van der Waals surface area contributed by atoms with Crippen LogP contribution in [0.5, 0.6) is 0 Å². The Labute approximate surface area is 111 Å². The third kappa shape index (κ3) is 3.40. The zero-order valence-electron chi connectivity index (χ0n) is 10.2. The first kappa shape index (κ1) is 13.2. The summed E-state index contributed by atoms with van der Waals surface area (Å²) >= 11 is 1.90. The fraction of sp³-hybridized carbons (Fsp3) is 0.462. The summed E-state index contributed by atoms with van der Waals surface area (Å²) in [5, 5.41) is 0.647. The molecule has 98 valence electrons. The van der Waals surface area contributed by atoms with Crippen LogP contribution in [0.25, 0.3) is 0 Å². The normalized spacial score (nSPS) is 16.7. The molecule has 1 amide bonds. The molecule has 1 heterocycles. The Morgan fingerprint density at radius 3 is 2.72 bits per heavy atom. The van der Waals surface area contributed by atoms with Gasteiger partial charge in [-0.25, -0.2) is 0 Å². The van der Waals surface area contributed by atoms with Crippen molar-refractivity contribution in [2.24, 2.45) is 5.73 Å². The van der Waals surface area contributed by atoms with E-state index in [2.05, 4.69) is 0 Å². The maximum Gasteiger partial charge on any atom is 0.248 e. The summed E-state index contributed by atoms with van der Waals surface area (Å²) in [5.41, 5.74) is 13.3. The lowest BCUT2D eigenvalue weighted by Gasteiger charge is -2.21. The summed E-state index contributed by atoms with van der Waals surface area (Å²) in [7, 11) is 0. The summed E-state index contributed by atoms with van der Waals surface area (Å²) in [5.74, 6) is 0.431. The van der Waals surface area contributed by atoms with Gasteiger partial charge in [0, 0.05) is 35.5 Å². The zero-order valence-corrected chi connectivity index (χ0v) is 11.0. The topological polar surface area (TPSA) is 78.3 Å². The molecule has 1 fully saturated rings. The number of amides is 1. The fourth-order valence-corrected chi connectivity index (χ4v) is 3.13. The number of primary amides is 1. The van der Waals surface area contributed by atoms with Crippen LogP contribution in [0.2, 0.25) is 0 Å². The molecule has 0 spiro atoms. The predicted molar refractivity (Wildman–Crippen MR) is 74.5 cm³/mol. The third-order valence-corrected chi connectivity index (χ3v) is 4.49. The van der Waals surface area contributed by atoms with E-state index in [4.69, 9.17) is 16.2 Å². The second-order valence-electron chi connectivity index (χ2n) is 4.40. The molecule has 0 aliphatic carbocycles. The maximum atomic E-state index is 11.0. The Kier molecular flexibility index (Phi) is 4.49. The van der Waals surface area contributed by atoms with Crippen molar-refractivity contribution in [1.29, 1.82) is 0 Å². The highest BCUT2D eigenvalue weighted by Crippen LogP contribution is 2.28. The number of nitrogens with two attached hydrogens (primary N) is 2. The van der Waals surface area contributed by atoms with Gasteiger partial charge in [0.1, 0.15) is 0 Å². The average Bonchev–Trinajstić information content (AvgIpc) is 2.38. The summed E-state index contributed by atoms with van der Waals surface area (Å²) in [6, 6.07) is 5.28. The summed E-state index contributed by atoms with van der Waals surface area (Å²) < 4.78 is 5.33. The standard InChI is InChI=1S/C13H18N2O2S/c14-12-7-9(13(15)16)1-2-10(12)8-18-11-3-5-17-6-4-11/h1-2,7,11H,3-6,8,14H2,(H2,15,16). The molecule has 4 nitrogen and oxygen atoms in total. The Morgan fingerprint density at radius 1 is 1.39 bits per heavy atom. The molecule has 0 saturated carbocycles. The van der Waals surface area contributed by atoms with E-state index in [1.165, 1.54) is 0 Å². The molecular weight excluding hydrogens is 248 g/mol. The van der Waals surface area contributed by atoms with Crippen LogP contribution in [-0.2, 0) is 10.5 Å². The van der Waals surface area contributed by atoms with Gasteiger partial charge in [0.25, 0.3) is 0 Å². The number of nitrogen functional groups attached to an aromatic ring is 1. The molecule has 0 aromatic heterocycles. The molecule has 1 aliphatic heterocycles. The first-order chi connectivity index (χ1) is 8.66. The highest BCUT2D eigenvalue weighted by atomic mass is 32.2. The van der Waals surface area contributed by atoms with Gasteiger partial charge < -0.3 is 16.2 Å². The van der Waals surface area contributed by atoms with Gasteiger partial charge >= 0.3 is 0 Å². The smallest absolute Gasteiger partial charge is 0.248 e. The Morgan fingerprint density at radius 2 is 2.11 bits per heavy atom. The van der Waals surface area contributed by atoms with Crippen molar-refractivity contribution in [2.75, 3.05) is 18.9 Å². The highest BCUT2D eigenvalue weighted by molar-refractivity contribution is 7.99. The number of ether oxygens (including phenoxy) is 1. The number of hydrogen-bond donors (Lipinski definition) is 2. The second-order valence-corrected chi connectivity index (χ2v) is 5.69. The van der Waals surface area contributed by atoms with Gasteiger partial charge in [-0.3, -0.25) is 4.79 Å². The van der Waals surface area contributed by atoms with E-state index < -0.39 is 5.91 Å². The molecule has 0 bridgehead atoms. The molecule has 18 heavy (non-hydrogen) atoms. The van der Waals surface area contributed by atoms with Crippen molar-refractivity contribution in [3.05, 3.63) is 29.3 Å². The van der Waals surface area contributed by atoms with Crippen molar-refractivity contribution in [3.63, 3.8) is 0 Å². The SMILES string of the molecule is NC(=O)c1ccc(CSC2CCOCC2)c(N)c1. The van der Waals surface area contributed by atoms with E-state index in [1.807, 2.05) is 17.8 Å². The Balaban J connectivity index is 1.94. The quantitative estimate of drug-likeness (QED) is 0.814. The number of thioether (sulfide) groups is 1. The summed E-state index contributed by atoms with van der Waals surface area (Å²) in [6.45, 7) is 1.71. The first-order valence-electron chi connectivity index (χ1n) is 6.04. The monoisotopic (exact) mass is 266 g/mol. The van der Waals surface area contributed by atoms with Crippen LogP contribution >= 0.6 is 11.8 Å². The van der Waals surface area contributed by atoms with Crippen molar-refractivity contribution >= 4 is 23.4 Å². The van der Waals surface area contributed by atoms with Gasteiger partial charge in [0.15, 0.2) is 0 Å². The van der Waals surface area contributed by atoms with Gasteiger partial charge in [-0.1, -0.05) is 6.07 Å². The van der Waals surface area contributed by atoms with Gasteiger partial charge in [-0.15, -0.1) is 0 Å². The molecule has 4 N–H and O–H groups in total. The molecule has 1 aliphatic rings. The van der Waals surface area contributed by atoms with Crippen LogP contribution in [0.15, 0.2) is 18.2 Å². The Bertz CT molecular complexity index is 431. The minimum Gasteiger partial charge on any atom is -0.398 e. The van der Waals surface area contributed by atoms with E-state index in [-0.39, 0.29) is 0 Å². The van der Waals surface area contributed by atoms with E-state index in [1.54, 1.807) is 12.1 Å². The predicted octanol–water partition coefficient (Wildman–Crippen LogP) is 1.78. The molecule has 0 radical (unpaired) electrons. The molecule has 5 heteroatoms. The summed E-state index contributed by atoms with van der Waals surface area (Å²) in [4.78, 5) is 11.0. The van der Waals surface area contributed by atoms with Gasteiger partial charge in [0.05, 0.1) is 0 Å². The fourth-order valence-electron chi connectivity index (χ4n) is 1.93. The van der Waals surface area contributed by atoms with Crippen LogP contribution < -0.4 is 11.5 Å². The number of benzene rings is 1. The van der Waals surface area contributed by atoms with Gasteiger partial charge in [-0.05, 0) is 30.5 Å². The van der Waals surface area contributed by atoms with Gasteiger partial charge in [0.2, 0.25) is 5.91 Å². The van der Waals surface area contributed by atoms with Crippen LogP contribution in [0.1, 0.15) is 28.8 Å². The molecule has 0 unspecified atom stereocenters. The highest BCUT2D eigenvalue weighted by Gasteiger charge is 2.14. The second kappa shape index (κ2) is 6.11. The summed E-state index contributed by atoms with van der Waals surface area (Å²) in [6.07, 6.45) is 2.20. The molecule has 0 atom stereocenters. The third-order valence-electron chi connectivity index (χ3n) is 3.07. The lowest BCUT2D eigenvalue weighted by atomic mass is 10.1. The van der Waals surface area contributed by atoms with Crippen LogP contribution in [-0.4, -0.2) is 24.4 Å². The van der Waals surface area contributed by atoms with E-state index >= 15 is 0 Å². The number of hydrogen-bond acceptors (Lipinski definition) is 4. The van der Waals surface area contributed by atoms with E-state index in [0.29, 0.717) is 16.5 Å². The maximum absolute atomic E-state index is 11.0. The largest absolute Gasteiger partial charge is 0.398 e. The zero-order chi connectivity index (χ0) is 13.0.